The quantitative estimate of drug-likeness (QED) is 0.641. The molecule has 0 spiro atoms. The molecular formula is C10H22N4O. The van der Waals surface area contributed by atoms with Crippen LogP contribution in [0.25, 0.3) is 0 Å². The number of nitrogens with zero attached hydrogens (tertiary/aromatic N) is 2. The fourth-order valence-corrected chi connectivity index (χ4v) is 1.87. The number of hydrogen-bond acceptors (Lipinski definition) is 4. The van der Waals surface area contributed by atoms with E-state index in [4.69, 9.17) is 5.73 Å². The van der Waals surface area contributed by atoms with Crippen LogP contribution in [0.5, 0.6) is 0 Å². The summed E-state index contributed by atoms with van der Waals surface area (Å²) in [6.07, 6.45) is 1.03. The number of amides is 1. The van der Waals surface area contributed by atoms with Crippen molar-refractivity contribution in [2.45, 2.75) is 26.3 Å². The number of carbonyl (C=O) groups is 1. The lowest BCUT2D eigenvalue weighted by Crippen LogP contribution is -2.58. The SMILES string of the molecule is CCCN(C(C)C(N)=O)N1CCNCC1. The molecule has 1 unspecified atom stereocenters. The van der Waals surface area contributed by atoms with E-state index in [-0.39, 0.29) is 11.9 Å². The fourth-order valence-electron chi connectivity index (χ4n) is 1.87. The van der Waals surface area contributed by atoms with Gasteiger partial charge in [-0.2, -0.15) is 0 Å². The highest BCUT2D eigenvalue weighted by molar-refractivity contribution is 5.79. The van der Waals surface area contributed by atoms with Crippen molar-refractivity contribution in [2.24, 2.45) is 5.73 Å². The smallest absolute Gasteiger partial charge is 0.235 e. The maximum atomic E-state index is 11.2. The van der Waals surface area contributed by atoms with Gasteiger partial charge < -0.3 is 11.1 Å². The molecule has 88 valence electrons. The van der Waals surface area contributed by atoms with E-state index < -0.39 is 0 Å². The molecule has 1 aliphatic heterocycles. The van der Waals surface area contributed by atoms with Gasteiger partial charge in [-0.1, -0.05) is 6.92 Å². The molecule has 5 nitrogen and oxygen atoms in total. The average molecular weight is 214 g/mol. The van der Waals surface area contributed by atoms with Crippen LogP contribution >= 0.6 is 0 Å². The van der Waals surface area contributed by atoms with Gasteiger partial charge in [-0.05, 0) is 13.3 Å². The number of primary amides is 1. The van der Waals surface area contributed by atoms with E-state index >= 15 is 0 Å². The minimum Gasteiger partial charge on any atom is -0.368 e. The van der Waals surface area contributed by atoms with Crippen molar-refractivity contribution in [2.75, 3.05) is 32.7 Å². The zero-order chi connectivity index (χ0) is 11.3. The number of piperazine rings is 1. The fraction of sp³-hybridized carbons (Fsp3) is 0.900. The molecule has 0 aliphatic carbocycles. The van der Waals surface area contributed by atoms with Crippen LogP contribution < -0.4 is 11.1 Å². The van der Waals surface area contributed by atoms with Crippen molar-refractivity contribution < 1.29 is 4.79 Å². The molecule has 0 aromatic carbocycles. The Balaban J connectivity index is 2.58. The molecule has 0 bridgehead atoms. The lowest BCUT2D eigenvalue weighted by atomic mass is 10.3. The van der Waals surface area contributed by atoms with Crippen molar-refractivity contribution in [3.63, 3.8) is 0 Å². The molecule has 0 saturated carbocycles. The van der Waals surface area contributed by atoms with E-state index in [2.05, 4.69) is 22.3 Å². The van der Waals surface area contributed by atoms with E-state index in [1.807, 2.05) is 6.92 Å². The Labute approximate surface area is 91.6 Å². The Morgan fingerprint density at radius 1 is 1.53 bits per heavy atom. The summed E-state index contributed by atoms with van der Waals surface area (Å²) in [6, 6.07) is -0.206. The second-order valence-corrected chi connectivity index (χ2v) is 3.95. The first-order valence-electron chi connectivity index (χ1n) is 5.68. The van der Waals surface area contributed by atoms with Gasteiger partial charge in [0.05, 0.1) is 0 Å². The van der Waals surface area contributed by atoms with E-state index in [0.29, 0.717) is 0 Å². The zero-order valence-electron chi connectivity index (χ0n) is 9.70. The van der Waals surface area contributed by atoms with Gasteiger partial charge >= 0.3 is 0 Å². The van der Waals surface area contributed by atoms with E-state index in [0.717, 1.165) is 39.1 Å². The minimum atomic E-state index is -0.248. The van der Waals surface area contributed by atoms with Crippen LogP contribution in [-0.4, -0.2) is 54.7 Å². The van der Waals surface area contributed by atoms with Crippen molar-refractivity contribution in [1.82, 2.24) is 15.3 Å². The third kappa shape index (κ3) is 3.44. The topological polar surface area (TPSA) is 61.6 Å². The standard InChI is InChI=1S/C10H22N4O/c1-3-6-14(9(2)10(11)15)13-7-4-12-5-8-13/h9,12H,3-8H2,1-2H3,(H2,11,15). The Kier molecular flexibility index (Phi) is 5.01. The summed E-state index contributed by atoms with van der Waals surface area (Å²) in [6.45, 7) is 8.75. The second-order valence-electron chi connectivity index (χ2n) is 3.95. The summed E-state index contributed by atoms with van der Waals surface area (Å²) in [5.74, 6) is -0.248. The monoisotopic (exact) mass is 214 g/mol. The van der Waals surface area contributed by atoms with Gasteiger partial charge in [-0.25, -0.2) is 10.0 Å². The summed E-state index contributed by atoms with van der Waals surface area (Å²) in [4.78, 5) is 11.2. The molecule has 1 amide bonds. The summed E-state index contributed by atoms with van der Waals surface area (Å²) in [5.41, 5.74) is 5.35. The van der Waals surface area contributed by atoms with Crippen LogP contribution in [-0.2, 0) is 4.79 Å². The van der Waals surface area contributed by atoms with Crippen LogP contribution in [0.4, 0.5) is 0 Å². The van der Waals surface area contributed by atoms with Crippen molar-refractivity contribution in [3.8, 4) is 0 Å². The molecule has 5 heteroatoms. The summed E-state index contributed by atoms with van der Waals surface area (Å²) in [7, 11) is 0. The predicted molar refractivity (Wildman–Crippen MR) is 60.1 cm³/mol. The molecule has 1 rings (SSSR count). The van der Waals surface area contributed by atoms with Gasteiger partial charge in [0.15, 0.2) is 0 Å². The molecule has 1 heterocycles. The van der Waals surface area contributed by atoms with Gasteiger partial charge in [-0.3, -0.25) is 4.79 Å². The largest absolute Gasteiger partial charge is 0.368 e. The molecular weight excluding hydrogens is 192 g/mol. The maximum absolute atomic E-state index is 11.2. The Morgan fingerprint density at radius 3 is 2.60 bits per heavy atom. The normalized spacial score (nSPS) is 20.5. The Bertz CT molecular complexity index is 204. The number of nitrogens with two attached hydrogens (primary N) is 1. The molecule has 15 heavy (non-hydrogen) atoms. The Hall–Kier alpha value is -0.650. The summed E-state index contributed by atoms with van der Waals surface area (Å²) < 4.78 is 0. The first-order chi connectivity index (χ1) is 7.16. The molecule has 1 fully saturated rings. The van der Waals surface area contributed by atoms with Gasteiger partial charge in [0.25, 0.3) is 0 Å². The Morgan fingerprint density at radius 2 is 2.13 bits per heavy atom. The van der Waals surface area contributed by atoms with Crippen LogP contribution in [0.2, 0.25) is 0 Å². The number of rotatable bonds is 5. The van der Waals surface area contributed by atoms with Crippen LogP contribution in [0, 0.1) is 0 Å². The molecule has 0 aromatic heterocycles. The first-order valence-corrected chi connectivity index (χ1v) is 5.68. The van der Waals surface area contributed by atoms with Gasteiger partial charge in [0.2, 0.25) is 5.91 Å². The van der Waals surface area contributed by atoms with E-state index in [1.165, 1.54) is 0 Å². The van der Waals surface area contributed by atoms with Gasteiger partial charge in [0, 0.05) is 32.7 Å². The predicted octanol–water partition coefficient (Wildman–Crippen LogP) is -0.608. The average Bonchev–Trinajstić information content (AvgIpc) is 2.26. The first kappa shape index (κ1) is 12.4. The zero-order valence-corrected chi connectivity index (χ0v) is 9.70. The number of hydrogen-bond donors (Lipinski definition) is 2. The molecule has 0 radical (unpaired) electrons. The molecule has 1 aliphatic rings. The van der Waals surface area contributed by atoms with Gasteiger partial charge in [-0.15, -0.1) is 0 Å². The van der Waals surface area contributed by atoms with E-state index in [1.54, 1.807) is 0 Å². The molecule has 3 N–H and O–H groups in total. The lowest BCUT2D eigenvalue weighted by Gasteiger charge is -2.40. The lowest BCUT2D eigenvalue weighted by molar-refractivity contribution is -0.133. The maximum Gasteiger partial charge on any atom is 0.235 e. The number of carbonyl (C=O) groups excluding carboxylic acids is 1. The molecule has 1 atom stereocenters. The highest BCUT2D eigenvalue weighted by Gasteiger charge is 2.25. The van der Waals surface area contributed by atoms with Crippen LogP contribution in [0.3, 0.4) is 0 Å². The molecule has 0 aromatic rings. The highest BCUT2D eigenvalue weighted by Crippen LogP contribution is 2.07. The minimum absolute atomic E-state index is 0.206. The van der Waals surface area contributed by atoms with Crippen molar-refractivity contribution in [3.05, 3.63) is 0 Å². The third-order valence-corrected chi connectivity index (χ3v) is 2.77. The van der Waals surface area contributed by atoms with Crippen molar-refractivity contribution >= 4 is 5.91 Å². The number of hydrazine groups is 1. The highest BCUT2D eigenvalue weighted by atomic mass is 16.1. The second kappa shape index (κ2) is 6.05. The van der Waals surface area contributed by atoms with Crippen molar-refractivity contribution in [1.29, 1.82) is 0 Å². The molecule has 1 saturated heterocycles. The van der Waals surface area contributed by atoms with Crippen LogP contribution in [0.1, 0.15) is 20.3 Å². The van der Waals surface area contributed by atoms with Crippen LogP contribution in [0.15, 0.2) is 0 Å². The summed E-state index contributed by atoms with van der Waals surface area (Å²) in [5, 5.41) is 7.63. The van der Waals surface area contributed by atoms with Gasteiger partial charge in [0.1, 0.15) is 6.04 Å². The van der Waals surface area contributed by atoms with E-state index in [9.17, 15) is 4.79 Å². The third-order valence-electron chi connectivity index (χ3n) is 2.77. The number of nitrogens with one attached hydrogen (secondary N) is 1. The summed E-state index contributed by atoms with van der Waals surface area (Å²) >= 11 is 0.